The van der Waals surface area contributed by atoms with Crippen LogP contribution in [0.4, 0.5) is 0 Å². The minimum atomic E-state index is 1.20. The Kier molecular flexibility index (Phi) is 12.7. The first-order valence-electron chi connectivity index (χ1n) is 12.1. The zero-order valence-electron chi connectivity index (χ0n) is 21.4. The summed E-state index contributed by atoms with van der Waals surface area (Å²) >= 11 is 0. The van der Waals surface area contributed by atoms with E-state index in [1.807, 2.05) is 0 Å². The molecule has 2 aliphatic rings. The highest BCUT2D eigenvalue weighted by Crippen LogP contribution is 2.28. The Hall–Kier alpha value is -1.56. The predicted octanol–water partition coefficient (Wildman–Crippen LogP) is 10.4. The molecule has 0 aromatic heterocycles. The summed E-state index contributed by atoms with van der Waals surface area (Å²) in [5, 5.41) is 0. The van der Waals surface area contributed by atoms with E-state index in [1.54, 1.807) is 33.4 Å². The second-order valence-corrected chi connectivity index (χ2v) is 9.92. The van der Waals surface area contributed by atoms with Gasteiger partial charge in [0.05, 0.1) is 0 Å². The molecular weight excluding hydrogens is 360 g/mol. The van der Waals surface area contributed by atoms with Crippen LogP contribution < -0.4 is 0 Å². The third-order valence-electron chi connectivity index (χ3n) is 6.39. The fraction of sp³-hybridized carbons (Fsp3) is 0.600. The Bertz CT molecular complexity index is 656. The van der Waals surface area contributed by atoms with Crippen molar-refractivity contribution in [1.29, 1.82) is 0 Å². The molecule has 0 aliphatic heterocycles. The van der Waals surface area contributed by atoms with Crippen molar-refractivity contribution in [3.63, 3.8) is 0 Å². The van der Waals surface area contributed by atoms with E-state index >= 15 is 0 Å². The number of rotatable bonds is 6. The van der Waals surface area contributed by atoms with Gasteiger partial charge in [-0.2, -0.15) is 0 Å². The first-order valence-corrected chi connectivity index (χ1v) is 12.1. The molecule has 0 aromatic carbocycles. The Labute approximate surface area is 188 Å². The van der Waals surface area contributed by atoms with Gasteiger partial charge in [-0.25, -0.2) is 0 Å². The van der Waals surface area contributed by atoms with Crippen molar-refractivity contribution in [2.24, 2.45) is 0 Å². The molecule has 0 spiro atoms. The summed E-state index contributed by atoms with van der Waals surface area (Å²) in [4.78, 5) is 0. The van der Waals surface area contributed by atoms with E-state index in [1.165, 1.54) is 75.4 Å². The number of hydrogen-bond donors (Lipinski definition) is 0. The van der Waals surface area contributed by atoms with Crippen molar-refractivity contribution < 1.29 is 0 Å². The highest BCUT2D eigenvalue weighted by Gasteiger charge is 2.08. The lowest BCUT2D eigenvalue weighted by Crippen LogP contribution is -1.96. The lowest BCUT2D eigenvalue weighted by Gasteiger charge is -2.16. The fourth-order valence-electron chi connectivity index (χ4n) is 3.98. The predicted molar refractivity (Wildman–Crippen MR) is 138 cm³/mol. The van der Waals surface area contributed by atoms with Crippen molar-refractivity contribution in [1.82, 2.24) is 0 Å². The summed E-state index contributed by atoms with van der Waals surface area (Å²) in [6.45, 7) is 17.8. The maximum absolute atomic E-state index is 2.39. The first-order chi connectivity index (χ1) is 14.2. The molecule has 0 amide bonds. The number of hydrogen-bond acceptors (Lipinski definition) is 0. The van der Waals surface area contributed by atoms with Crippen LogP contribution in [-0.4, -0.2) is 0 Å². The van der Waals surface area contributed by atoms with E-state index in [4.69, 9.17) is 0 Å². The molecule has 2 aliphatic carbocycles. The minimum absolute atomic E-state index is 1.20. The molecule has 0 N–H and O–H groups in total. The second kappa shape index (κ2) is 14.4. The van der Waals surface area contributed by atoms with Crippen LogP contribution >= 0.6 is 0 Å². The zero-order chi connectivity index (χ0) is 22.5. The third-order valence-corrected chi connectivity index (χ3v) is 6.39. The van der Waals surface area contributed by atoms with Gasteiger partial charge in [0, 0.05) is 0 Å². The molecule has 0 fully saturated rings. The smallest absolute Gasteiger partial charge is 0.0134 e. The topological polar surface area (TPSA) is 0 Å². The first kappa shape index (κ1) is 26.5. The molecule has 0 unspecified atom stereocenters. The van der Waals surface area contributed by atoms with Crippen molar-refractivity contribution >= 4 is 0 Å². The average molecular weight is 409 g/mol. The van der Waals surface area contributed by atoms with Crippen molar-refractivity contribution in [3.05, 3.63) is 68.9 Å². The van der Waals surface area contributed by atoms with Crippen LogP contribution in [-0.2, 0) is 0 Å². The molecule has 0 aromatic rings. The molecule has 0 nitrogen and oxygen atoms in total. The van der Waals surface area contributed by atoms with Gasteiger partial charge in [-0.1, -0.05) is 68.9 Å². The van der Waals surface area contributed by atoms with Gasteiger partial charge in [0.1, 0.15) is 0 Å². The van der Waals surface area contributed by atoms with Crippen LogP contribution in [0.5, 0.6) is 0 Å². The van der Waals surface area contributed by atoms with E-state index in [0.29, 0.717) is 0 Å². The highest BCUT2D eigenvalue weighted by atomic mass is 14.1. The van der Waals surface area contributed by atoms with Crippen LogP contribution in [0, 0.1) is 0 Å². The average Bonchev–Trinajstić information content (AvgIpc) is 2.69. The second-order valence-electron chi connectivity index (χ2n) is 9.92. The van der Waals surface area contributed by atoms with Gasteiger partial charge in [-0.05, 0) is 120 Å². The van der Waals surface area contributed by atoms with Gasteiger partial charge < -0.3 is 0 Å². The molecule has 0 radical (unpaired) electrons. The van der Waals surface area contributed by atoms with Crippen molar-refractivity contribution in [2.75, 3.05) is 0 Å². The van der Waals surface area contributed by atoms with Crippen LogP contribution in [0.2, 0.25) is 0 Å². The molecule has 2 rings (SSSR count). The summed E-state index contributed by atoms with van der Waals surface area (Å²) < 4.78 is 0. The fourth-order valence-corrected chi connectivity index (χ4v) is 3.98. The van der Waals surface area contributed by atoms with Gasteiger partial charge in [-0.3, -0.25) is 0 Å². The van der Waals surface area contributed by atoms with E-state index < -0.39 is 0 Å². The maximum Gasteiger partial charge on any atom is -0.0134 e. The molecule has 30 heavy (non-hydrogen) atoms. The van der Waals surface area contributed by atoms with Gasteiger partial charge >= 0.3 is 0 Å². The molecular formula is C30H48. The molecule has 0 atom stereocenters. The van der Waals surface area contributed by atoms with E-state index in [-0.39, 0.29) is 0 Å². The van der Waals surface area contributed by atoms with E-state index in [0.717, 1.165) is 0 Å². The lowest BCUT2D eigenvalue weighted by atomic mass is 9.91. The Morgan fingerprint density at radius 3 is 1.27 bits per heavy atom. The zero-order valence-corrected chi connectivity index (χ0v) is 21.4. The summed E-state index contributed by atoms with van der Waals surface area (Å²) in [5.41, 5.74) is 12.6. The summed E-state index contributed by atoms with van der Waals surface area (Å²) in [7, 11) is 0. The molecule has 0 bridgehead atoms. The monoisotopic (exact) mass is 408 g/mol. The third kappa shape index (κ3) is 11.6. The minimum Gasteiger partial charge on any atom is -0.0856 e. The largest absolute Gasteiger partial charge is 0.0856 e. The van der Waals surface area contributed by atoms with Gasteiger partial charge in [0.15, 0.2) is 0 Å². The lowest BCUT2D eigenvalue weighted by molar-refractivity contribution is 0.810. The highest BCUT2D eigenvalue weighted by molar-refractivity contribution is 5.23. The summed E-state index contributed by atoms with van der Waals surface area (Å²) in [6, 6.07) is 0. The Balaban J connectivity index is 0.000000300. The van der Waals surface area contributed by atoms with Crippen molar-refractivity contribution in [3.8, 4) is 0 Å². The summed E-state index contributed by atoms with van der Waals surface area (Å²) in [6.07, 6.45) is 21.9. The van der Waals surface area contributed by atoms with Crippen molar-refractivity contribution in [2.45, 2.75) is 120 Å². The quantitative estimate of drug-likeness (QED) is 0.383. The Morgan fingerprint density at radius 2 is 1.00 bits per heavy atom. The van der Waals surface area contributed by atoms with Gasteiger partial charge in [0.2, 0.25) is 0 Å². The Morgan fingerprint density at radius 1 is 0.633 bits per heavy atom. The molecule has 0 saturated heterocycles. The van der Waals surface area contributed by atoms with Crippen LogP contribution in [0.15, 0.2) is 68.9 Å². The number of allylic oxidation sites excluding steroid dienone is 12. The molecule has 0 heteroatoms. The maximum atomic E-state index is 2.39. The standard InChI is InChI=1S/2C15H24/c2*1-12(2)6-5-7-14(4)15-10-8-13(3)9-11-15/h2*6,8H,5,7,9-11H2,1-4H3. The molecule has 168 valence electrons. The molecule has 0 heterocycles. The van der Waals surface area contributed by atoms with Gasteiger partial charge in [-0.15, -0.1) is 0 Å². The van der Waals surface area contributed by atoms with Crippen LogP contribution in [0.25, 0.3) is 0 Å². The molecule has 0 saturated carbocycles. The summed E-state index contributed by atoms with van der Waals surface area (Å²) in [5.74, 6) is 0. The van der Waals surface area contributed by atoms with Crippen LogP contribution in [0.1, 0.15) is 120 Å². The van der Waals surface area contributed by atoms with E-state index in [9.17, 15) is 0 Å². The SMILES string of the molecule is CC(C)=CCCC(C)=C1CC=C(C)CC1.CC(C)=CCCC(C)=C1CC=C(C)CC1. The van der Waals surface area contributed by atoms with E-state index in [2.05, 4.69) is 79.7 Å². The van der Waals surface area contributed by atoms with Crippen LogP contribution in [0.3, 0.4) is 0 Å². The normalized spacial score (nSPS) is 19.6. The van der Waals surface area contributed by atoms with Gasteiger partial charge in [0.25, 0.3) is 0 Å².